The molecule has 0 unspecified atom stereocenters. The number of nitro benzene ring substituents is 1. The molecule has 128 valence electrons. The fourth-order valence-corrected chi connectivity index (χ4v) is 4.79. The van der Waals surface area contributed by atoms with Gasteiger partial charge in [0.05, 0.1) is 20.9 Å². The van der Waals surface area contributed by atoms with E-state index in [0.29, 0.717) is 16.8 Å². The van der Waals surface area contributed by atoms with Crippen LogP contribution in [0.2, 0.25) is 0 Å². The monoisotopic (exact) mass is 375 g/mol. The van der Waals surface area contributed by atoms with Crippen LogP contribution in [0.4, 0.5) is 5.69 Å². The quantitative estimate of drug-likeness (QED) is 0.283. The minimum Gasteiger partial charge on any atom is -0.258 e. The molecule has 0 fully saturated rings. The lowest BCUT2D eigenvalue weighted by Crippen LogP contribution is -2.14. The summed E-state index contributed by atoms with van der Waals surface area (Å²) in [6.45, 7) is 3.63. The normalized spacial score (nSPS) is 11.5. The van der Waals surface area contributed by atoms with Crippen LogP contribution in [-0.4, -0.2) is 28.1 Å². The van der Waals surface area contributed by atoms with Gasteiger partial charge in [-0.25, -0.2) is 17.4 Å². The summed E-state index contributed by atoms with van der Waals surface area (Å²) in [5, 5.41) is 11.2. The van der Waals surface area contributed by atoms with Gasteiger partial charge in [0.1, 0.15) is 0 Å². The molecule has 1 aromatic heterocycles. The van der Waals surface area contributed by atoms with Crippen molar-refractivity contribution in [2.45, 2.75) is 10.1 Å². The van der Waals surface area contributed by atoms with Crippen LogP contribution >= 0.6 is 11.8 Å². The van der Waals surface area contributed by atoms with E-state index in [1.165, 1.54) is 30.0 Å². The van der Waals surface area contributed by atoms with Crippen molar-refractivity contribution in [2.24, 2.45) is 0 Å². The summed E-state index contributed by atoms with van der Waals surface area (Å²) in [6, 6.07) is 11.8. The van der Waals surface area contributed by atoms with Crippen LogP contribution in [0.5, 0.6) is 0 Å². The molecule has 9 heteroatoms. The third-order valence-corrected chi connectivity index (χ3v) is 6.14. The zero-order chi connectivity index (χ0) is 18.0. The van der Waals surface area contributed by atoms with E-state index >= 15 is 0 Å². The zero-order valence-electron chi connectivity index (χ0n) is 12.9. The van der Waals surface area contributed by atoms with Crippen LogP contribution in [0, 0.1) is 10.1 Å². The van der Waals surface area contributed by atoms with Crippen LogP contribution in [0.3, 0.4) is 0 Å². The molecule has 25 heavy (non-hydrogen) atoms. The fraction of sp³-hybridized carbons (Fsp3) is 0.0625. The molecule has 3 aromatic rings. The predicted molar refractivity (Wildman–Crippen MR) is 96.3 cm³/mol. The highest BCUT2D eigenvalue weighted by Gasteiger charge is 2.25. The van der Waals surface area contributed by atoms with Gasteiger partial charge in [-0.15, -0.1) is 6.58 Å². The standard InChI is InChI=1S/C16H13N3O4S2/c1-2-10-24-16-17-14-8-3-4-9-15(14)18(16)25(22,23)13-7-5-6-12(11-13)19(20)21/h2-9,11H,1,10H2. The van der Waals surface area contributed by atoms with Crippen LogP contribution in [-0.2, 0) is 10.0 Å². The van der Waals surface area contributed by atoms with Gasteiger partial charge in [0, 0.05) is 17.9 Å². The number of para-hydroxylation sites is 2. The summed E-state index contributed by atoms with van der Waals surface area (Å²) in [5.41, 5.74) is 0.662. The molecule has 0 aliphatic heterocycles. The van der Waals surface area contributed by atoms with E-state index in [9.17, 15) is 18.5 Å². The Hall–Kier alpha value is -2.65. The molecule has 0 aliphatic carbocycles. The highest BCUT2D eigenvalue weighted by molar-refractivity contribution is 8.00. The lowest BCUT2D eigenvalue weighted by Gasteiger charge is -2.09. The first-order chi connectivity index (χ1) is 11.9. The molecule has 0 saturated carbocycles. The third kappa shape index (κ3) is 3.15. The average molecular weight is 375 g/mol. The number of nitrogens with zero attached hydrogens (tertiary/aromatic N) is 3. The Bertz CT molecular complexity index is 1070. The molecule has 0 aliphatic rings. The minimum absolute atomic E-state index is 0.162. The molecule has 0 radical (unpaired) electrons. The van der Waals surface area contributed by atoms with E-state index in [1.54, 1.807) is 30.3 Å². The van der Waals surface area contributed by atoms with Crippen molar-refractivity contribution in [3.63, 3.8) is 0 Å². The Balaban J connectivity index is 2.24. The number of thioether (sulfide) groups is 1. The van der Waals surface area contributed by atoms with Crippen LogP contribution in [0.1, 0.15) is 0 Å². The van der Waals surface area contributed by atoms with Gasteiger partial charge in [-0.3, -0.25) is 10.1 Å². The largest absolute Gasteiger partial charge is 0.270 e. The zero-order valence-corrected chi connectivity index (χ0v) is 14.5. The van der Waals surface area contributed by atoms with Gasteiger partial charge in [0.15, 0.2) is 5.16 Å². The Morgan fingerprint density at radius 3 is 2.72 bits per heavy atom. The number of rotatable bonds is 6. The number of non-ortho nitro benzene ring substituents is 1. The van der Waals surface area contributed by atoms with Crippen molar-refractivity contribution in [3.05, 3.63) is 71.3 Å². The Labute approximate surface area is 148 Å². The fourth-order valence-electron chi connectivity index (χ4n) is 2.30. The van der Waals surface area contributed by atoms with E-state index in [-0.39, 0.29) is 15.7 Å². The van der Waals surface area contributed by atoms with Gasteiger partial charge in [0.25, 0.3) is 15.7 Å². The summed E-state index contributed by atoms with van der Waals surface area (Å²) >= 11 is 1.23. The highest BCUT2D eigenvalue weighted by atomic mass is 32.2. The van der Waals surface area contributed by atoms with Gasteiger partial charge in [-0.1, -0.05) is 36.0 Å². The molecule has 0 saturated heterocycles. The van der Waals surface area contributed by atoms with E-state index in [4.69, 9.17) is 0 Å². The lowest BCUT2D eigenvalue weighted by molar-refractivity contribution is -0.385. The first-order valence-electron chi connectivity index (χ1n) is 7.16. The first kappa shape index (κ1) is 17.2. The number of fused-ring (bicyclic) bond motifs is 1. The van der Waals surface area contributed by atoms with Crippen molar-refractivity contribution in [1.29, 1.82) is 0 Å². The molecule has 0 atom stereocenters. The maximum Gasteiger partial charge on any atom is 0.270 e. The first-order valence-corrected chi connectivity index (χ1v) is 9.59. The third-order valence-electron chi connectivity index (χ3n) is 3.39. The molecule has 0 amide bonds. The van der Waals surface area contributed by atoms with Crippen molar-refractivity contribution in [3.8, 4) is 0 Å². The number of benzene rings is 2. The number of hydrogen-bond acceptors (Lipinski definition) is 6. The molecular weight excluding hydrogens is 362 g/mol. The SMILES string of the molecule is C=CCSc1nc2ccccc2n1S(=O)(=O)c1cccc([N+](=O)[O-])c1. The maximum absolute atomic E-state index is 13.1. The van der Waals surface area contributed by atoms with Crippen LogP contribution in [0.15, 0.2) is 71.2 Å². The molecule has 7 nitrogen and oxygen atoms in total. The molecule has 3 rings (SSSR count). The van der Waals surface area contributed by atoms with Gasteiger partial charge in [-0.2, -0.15) is 0 Å². The minimum atomic E-state index is -4.04. The second-order valence-corrected chi connectivity index (χ2v) is 7.78. The average Bonchev–Trinajstić information content (AvgIpc) is 2.99. The molecule has 0 spiro atoms. The van der Waals surface area contributed by atoms with Gasteiger partial charge in [-0.05, 0) is 18.2 Å². The van der Waals surface area contributed by atoms with Crippen molar-refractivity contribution in [1.82, 2.24) is 8.96 Å². The number of imidazole rings is 1. The van der Waals surface area contributed by atoms with E-state index in [0.717, 1.165) is 10.0 Å². The lowest BCUT2D eigenvalue weighted by atomic mass is 10.3. The van der Waals surface area contributed by atoms with Crippen molar-refractivity contribution >= 4 is 38.5 Å². The van der Waals surface area contributed by atoms with E-state index < -0.39 is 14.9 Å². The van der Waals surface area contributed by atoms with Crippen LogP contribution in [0.25, 0.3) is 11.0 Å². The highest BCUT2D eigenvalue weighted by Crippen LogP contribution is 2.29. The van der Waals surface area contributed by atoms with E-state index in [2.05, 4.69) is 11.6 Å². The summed E-state index contributed by atoms with van der Waals surface area (Å²) < 4.78 is 27.4. The number of hydrogen-bond donors (Lipinski definition) is 0. The molecule has 2 aromatic carbocycles. The Morgan fingerprint density at radius 2 is 2.00 bits per heavy atom. The summed E-state index contributed by atoms with van der Waals surface area (Å²) in [4.78, 5) is 14.5. The predicted octanol–water partition coefficient (Wildman–Crippen LogP) is 3.46. The number of aromatic nitrogens is 2. The smallest absolute Gasteiger partial charge is 0.258 e. The van der Waals surface area contributed by atoms with Gasteiger partial charge >= 0.3 is 0 Å². The van der Waals surface area contributed by atoms with Crippen LogP contribution < -0.4 is 0 Å². The number of nitro groups is 1. The van der Waals surface area contributed by atoms with Crippen molar-refractivity contribution < 1.29 is 13.3 Å². The van der Waals surface area contributed by atoms with Crippen molar-refractivity contribution in [2.75, 3.05) is 5.75 Å². The summed E-state index contributed by atoms with van der Waals surface area (Å²) in [7, 11) is -4.04. The molecule has 0 bridgehead atoms. The second kappa shape index (κ2) is 6.69. The van der Waals surface area contributed by atoms with Gasteiger partial charge in [0.2, 0.25) is 0 Å². The molecular formula is C16H13N3O4S2. The Kier molecular flexibility index (Phi) is 4.60. The topological polar surface area (TPSA) is 95.1 Å². The maximum atomic E-state index is 13.1. The second-order valence-electron chi connectivity index (χ2n) is 5.01. The van der Waals surface area contributed by atoms with E-state index in [1.807, 2.05) is 0 Å². The molecule has 1 heterocycles. The summed E-state index contributed by atoms with van der Waals surface area (Å²) in [5.74, 6) is 0.480. The molecule has 0 N–H and O–H groups in total. The van der Waals surface area contributed by atoms with Gasteiger partial charge < -0.3 is 0 Å². The summed E-state index contributed by atoms with van der Waals surface area (Å²) in [6.07, 6.45) is 1.65. The Morgan fingerprint density at radius 1 is 1.24 bits per heavy atom.